The summed E-state index contributed by atoms with van der Waals surface area (Å²) in [4.78, 5) is 11.3. The van der Waals surface area contributed by atoms with Gasteiger partial charge in [0.05, 0.1) is 12.2 Å². The van der Waals surface area contributed by atoms with Gasteiger partial charge in [0.2, 0.25) is 0 Å². The van der Waals surface area contributed by atoms with Crippen LogP contribution in [0.5, 0.6) is 0 Å². The first-order valence-corrected chi connectivity index (χ1v) is 14.5. The number of aldehydes is 1. The van der Waals surface area contributed by atoms with E-state index in [1.807, 2.05) is 6.92 Å². The van der Waals surface area contributed by atoms with Crippen LogP contribution in [0, 0.1) is 17.8 Å². The SMILES string of the molecule is CC[C@H]1[C@H]([C@H](C)C/C(C)=C/I)O[Si](C(C)(C)C)(C(C)(C)C)O[C@@H]1[C@H](C)/C=C(\C)C=O. The van der Waals surface area contributed by atoms with E-state index in [0.29, 0.717) is 11.8 Å². The Hall–Kier alpha value is 0.0169. The summed E-state index contributed by atoms with van der Waals surface area (Å²) in [6, 6.07) is 0. The van der Waals surface area contributed by atoms with E-state index in [1.54, 1.807) is 0 Å². The molecule has 1 aliphatic rings. The molecule has 5 heteroatoms. The van der Waals surface area contributed by atoms with E-state index < -0.39 is 8.56 Å². The Bertz CT molecular complexity index is 628. The monoisotopic (exact) mass is 548 g/mol. The molecule has 0 unspecified atom stereocenters. The van der Waals surface area contributed by atoms with Crippen molar-refractivity contribution in [3.05, 3.63) is 21.3 Å². The van der Waals surface area contributed by atoms with E-state index >= 15 is 0 Å². The molecule has 1 saturated heterocycles. The fourth-order valence-electron chi connectivity index (χ4n) is 5.32. The van der Waals surface area contributed by atoms with Gasteiger partial charge in [-0.25, -0.2) is 0 Å². The molecular weight excluding hydrogens is 503 g/mol. The van der Waals surface area contributed by atoms with Crippen LogP contribution in [0.4, 0.5) is 0 Å². The van der Waals surface area contributed by atoms with Gasteiger partial charge in [-0.05, 0) is 42.3 Å². The van der Waals surface area contributed by atoms with Crippen molar-refractivity contribution in [2.75, 3.05) is 0 Å². The summed E-state index contributed by atoms with van der Waals surface area (Å²) in [5.74, 6) is 0.877. The van der Waals surface area contributed by atoms with Crippen LogP contribution < -0.4 is 0 Å². The molecular formula is C25H45IO3Si. The van der Waals surface area contributed by atoms with Gasteiger partial charge in [0.1, 0.15) is 6.29 Å². The number of halogens is 1. The Labute approximate surface area is 200 Å². The first-order chi connectivity index (χ1) is 13.6. The third-order valence-electron chi connectivity index (χ3n) is 6.52. The number of hydrogen-bond acceptors (Lipinski definition) is 3. The van der Waals surface area contributed by atoms with Crippen molar-refractivity contribution < 1.29 is 13.6 Å². The van der Waals surface area contributed by atoms with E-state index in [0.717, 1.165) is 24.7 Å². The Kier molecular flexibility index (Phi) is 10.1. The summed E-state index contributed by atoms with van der Waals surface area (Å²) >= 11 is 2.34. The lowest BCUT2D eigenvalue weighted by molar-refractivity contribution is -0.105. The van der Waals surface area contributed by atoms with Crippen LogP contribution in [-0.2, 0) is 13.6 Å². The molecule has 0 aliphatic carbocycles. The van der Waals surface area contributed by atoms with Crippen LogP contribution in [0.3, 0.4) is 0 Å². The normalized spacial score (nSPS) is 28.2. The topological polar surface area (TPSA) is 35.5 Å². The fourth-order valence-corrected chi connectivity index (χ4v) is 10.9. The van der Waals surface area contributed by atoms with Crippen LogP contribution >= 0.6 is 22.6 Å². The Morgan fingerprint density at radius 1 is 1.03 bits per heavy atom. The van der Waals surface area contributed by atoms with Crippen molar-refractivity contribution in [2.24, 2.45) is 17.8 Å². The van der Waals surface area contributed by atoms with Crippen molar-refractivity contribution in [3.63, 3.8) is 0 Å². The number of carbonyl (C=O) groups excluding carboxylic acids is 1. The molecule has 5 atom stereocenters. The lowest BCUT2D eigenvalue weighted by Crippen LogP contribution is -2.67. The molecule has 1 rings (SSSR count). The average molecular weight is 549 g/mol. The van der Waals surface area contributed by atoms with Gasteiger partial charge in [0.25, 0.3) is 0 Å². The zero-order valence-electron chi connectivity index (χ0n) is 21.1. The van der Waals surface area contributed by atoms with Gasteiger partial charge in [-0.2, -0.15) is 0 Å². The van der Waals surface area contributed by atoms with E-state index in [9.17, 15) is 4.79 Å². The van der Waals surface area contributed by atoms with Crippen LogP contribution in [-0.4, -0.2) is 27.1 Å². The molecule has 174 valence electrons. The molecule has 0 spiro atoms. The zero-order chi connectivity index (χ0) is 23.5. The smallest absolute Gasteiger partial charge is 0.349 e. The van der Waals surface area contributed by atoms with Gasteiger partial charge >= 0.3 is 8.56 Å². The van der Waals surface area contributed by atoms with Crippen molar-refractivity contribution in [1.29, 1.82) is 0 Å². The fraction of sp³-hybridized carbons (Fsp3) is 0.800. The molecule has 0 aromatic rings. The number of rotatable bonds is 7. The lowest BCUT2D eigenvalue weighted by atomic mass is 9.79. The van der Waals surface area contributed by atoms with Crippen molar-refractivity contribution >= 4 is 37.4 Å². The molecule has 0 aromatic carbocycles. The highest BCUT2D eigenvalue weighted by Gasteiger charge is 2.64. The highest BCUT2D eigenvalue weighted by molar-refractivity contribution is 14.1. The van der Waals surface area contributed by atoms with E-state index in [2.05, 4.69) is 102 Å². The average Bonchev–Trinajstić information content (AvgIpc) is 2.64. The van der Waals surface area contributed by atoms with Crippen LogP contribution in [0.15, 0.2) is 21.3 Å². The molecule has 1 heterocycles. The first-order valence-electron chi connectivity index (χ1n) is 11.4. The molecule has 1 aliphatic heterocycles. The second-order valence-corrected chi connectivity index (χ2v) is 16.7. The summed E-state index contributed by atoms with van der Waals surface area (Å²) < 4.78 is 16.6. The van der Waals surface area contributed by atoms with E-state index in [4.69, 9.17) is 8.85 Å². The second-order valence-electron chi connectivity index (χ2n) is 11.4. The molecule has 0 bridgehead atoms. The van der Waals surface area contributed by atoms with Gasteiger partial charge in [-0.3, -0.25) is 4.79 Å². The molecule has 0 N–H and O–H groups in total. The Balaban J connectivity index is 3.61. The third-order valence-corrected chi connectivity index (χ3v) is 12.7. The van der Waals surface area contributed by atoms with Crippen LogP contribution in [0.2, 0.25) is 10.1 Å². The highest BCUT2D eigenvalue weighted by atomic mass is 127. The molecule has 0 aromatic heterocycles. The summed E-state index contributed by atoms with van der Waals surface area (Å²) in [7, 11) is -2.66. The van der Waals surface area contributed by atoms with Gasteiger partial charge in [0, 0.05) is 21.9 Å². The molecule has 0 amide bonds. The summed E-state index contributed by atoms with van der Waals surface area (Å²) in [6.45, 7) is 24.6. The molecule has 30 heavy (non-hydrogen) atoms. The number of carbonyl (C=O) groups is 1. The van der Waals surface area contributed by atoms with Gasteiger partial charge in [-0.15, -0.1) is 0 Å². The Morgan fingerprint density at radius 2 is 1.53 bits per heavy atom. The quantitative estimate of drug-likeness (QED) is 0.140. The summed E-state index contributed by atoms with van der Waals surface area (Å²) in [6.07, 6.45) is 5.28. The van der Waals surface area contributed by atoms with Crippen molar-refractivity contribution in [1.82, 2.24) is 0 Å². The minimum atomic E-state index is -2.66. The van der Waals surface area contributed by atoms with Crippen molar-refractivity contribution in [3.8, 4) is 0 Å². The van der Waals surface area contributed by atoms with Crippen molar-refractivity contribution in [2.45, 2.75) is 111 Å². The van der Waals surface area contributed by atoms with Crippen LogP contribution in [0.1, 0.15) is 89.0 Å². The highest BCUT2D eigenvalue weighted by Crippen LogP contribution is 2.57. The first kappa shape index (κ1) is 28.1. The molecule has 0 saturated carbocycles. The maximum absolute atomic E-state index is 11.3. The van der Waals surface area contributed by atoms with E-state index in [-0.39, 0.29) is 28.2 Å². The lowest BCUT2D eigenvalue weighted by Gasteiger charge is -2.59. The number of allylic oxidation sites excluding steroid dienone is 2. The second kappa shape index (κ2) is 10.8. The molecule has 1 fully saturated rings. The zero-order valence-corrected chi connectivity index (χ0v) is 24.3. The Morgan fingerprint density at radius 3 is 1.93 bits per heavy atom. The largest absolute Gasteiger partial charge is 0.390 e. The summed E-state index contributed by atoms with van der Waals surface area (Å²) in [5, 5.41) is -0.144. The van der Waals surface area contributed by atoms with Gasteiger partial charge in [-0.1, -0.05) is 96.6 Å². The number of hydrogen-bond donors (Lipinski definition) is 0. The van der Waals surface area contributed by atoms with E-state index in [1.165, 1.54) is 5.57 Å². The van der Waals surface area contributed by atoms with Gasteiger partial charge < -0.3 is 8.85 Å². The summed E-state index contributed by atoms with van der Waals surface area (Å²) in [5.41, 5.74) is 2.17. The van der Waals surface area contributed by atoms with Gasteiger partial charge in [0.15, 0.2) is 0 Å². The minimum absolute atomic E-state index is 0.0557. The maximum Gasteiger partial charge on any atom is 0.349 e. The van der Waals surface area contributed by atoms with Crippen LogP contribution in [0.25, 0.3) is 0 Å². The molecule has 3 nitrogen and oxygen atoms in total. The molecule has 0 radical (unpaired) electrons. The predicted octanol–water partition coefficient (Wildman–Crippen LogP) is 7.99. The minimum Gasteiger partial charge on any atom is -0.390 e. The standard InChI is InChI=1S/C25H45IO3Si/c1-12-21-22(19(4)13-17(2)15-26)28-30(24(6,7)8,25(9,10)11)29-23(21)20(5)14-18(3)16-27/h14-16,19-23H,12-13H2,1-11H3/b17-15+,18-14+/t19-,20-,21+,22+,23-/m1/s1. The maximum atomic E-state index is 11.3. The predicted molar refractivity (Wildman–Crippen MR) is 139 cm³/mol. The third kappa shape index (κ3) is 6.08.